The van der Waals surface area contributed by atoms with Gasteiger partial charge in [0.25, 0.3) is 0 Å². The second-order valence-corrected chi connectivity index (χ2v) is 9.14. The summed E-state index contributed by atoms with van der Waals surface area (Å²) in [6.45, 7) is 2.73. The number of anilines is 1. The summed E-state index contributed by atoms with van der Waals surface area (Å²) in [4.78, 5) is 14.8. The number of carbonyl (C=O) groups is 1. The lowest BCUT2D eigenvalue weighted by Crippen LogP contribution is -2.58. The van der Waals surface area contributed by atoms with E-state index >= 15 is 0 Å². The molecule has 4 rings (SSSR count). The van der Waals surface area contributed by atoms with Crippen LogP contribution in [0.25, 0.3) is 0 Å². The van der Waals surface area contributed by atoms with Crippen LogP contribution in [0.4, 0.5) is 19.3 Å². The Balaban J connectivity index is 1.27. The Hall–Kier alpha value is -2.71. The fourth-order valence-electron chi connectivity index (χ4n) is 4.77. The summed E-state index contributed by atoms with van der Waals surface area (Å²) in [6.07, 6.45) is 1.70. The summed E-state index contributed by atoms with van der Waals surface area (Å²) in [5.74, 6) is 1.03. The Morgan fingerprint density at radius 1 is 1.09 bits per heavy atom. The van der Waals surface area contributed by atoms with Crippen LogP contribution in [-0.2, 0) is 11.2 Å². The van der Waals surface area contributed by atoms with Crippen molar-refractivity contribution < 1.29 is 23.0 Å². The molecule has 3 unspecified atom stereocenters. The van der Waals surface area contributed by atoms with Gasteiger partial charge >= 0.3 is 6.03 Å². The Labute approximate surface area is 199 Å². The van der Waals surface area contributed by atoms with Gasteiger partial charge in [0.1, 0.15) is 17.7 Å². The lowest BCUT2D eigenvalue weighted by molar-refractivity contribution is -0.0590. The molecule has 0 aromatic heterocycles. The van der Waals surface area contributed by atoms with E-state index in [-0.39, 0.29) is 12.2 Å². The fraction of sp³-hybridized carbons (Fsp3) is 0.500. The van der Waals surface area contributed by atoms with Crippen LogP contribution in [0.15, 0.2) is 48.5 Å². The van der Waals surface area contributed by atoms with Gasteiger partial charge in [-0.05, 0) is 80.2 Å². The van der Waals surface area contributed by atoms with E-state index in [0.717, 1.165) is 37.9 Å². The molecular weight excluding hydrogens is 440 g/mol. The maximum Gasteiger partial charge on any atom is 0.319 e. The van der Waals surface area contributed by atoms with E-state index in [9.17, 15) is 13.6 Å². The third-order valence-corrected chi connectivity index (χ3v) is 6.74. The highest BCUT2D eigenvalue weighted by Crippen LogP contribution is 2.25. The zero-order valence-corrected chi connectivity index (χ0v) is 19.5. The van der Waals surface area contributed by atoms with E-state index in [4.69, 9.17) is 9.47 Å². The monoisotopic (exact) mass is 473 g/mol. The predicted octanol–water partition coefficient (Wildman–Crippen LogP) is 4.41. The first kappa shape index (κ1) is 24.4. The lowest BCUT2D eigenvalue weighted by Gasteiger charge is -2.39. The molecule has 2 aliphatic rings. The molecule has 0 spiro atoms. The number of carbonyl (C=O) groups excluding carboxylic acids is 1. The Morgan fingerprint density at radius 3 is 2.47 bits per heavy atom. The number of likely N-dealkylation sites (tertiary alicyclic amines) is 1. The summed E-state index contributed by atoms with van der Waals surface area (Å²) in [7, 11) is 1.58. The minimum atomic E-state index is -1.16. The maximum atomic E-state index is 14.8. The molecule has 184 valence electrons. The average Bonchev–Trinajstić information content (AvgIpc) is 2.84. The van der Waals surface area contributed by atoms with Gasteiger partial charge in [-0.3, -0.25) is 0 Å². The summed E-state index contributed by atoms with van der Waals surface area (Å²) >= 11 is 0. The second-order valence-electron chi connectivity index (χ2n) is 9.14. The van der Waals surface area contributed by atoms with Gasteiger partial charge in [-0.2, -0.15) is 0 Å². The van der Waals surface area contributed by atoms with Gasteiger partial charge in [0, 0.05) is 25.3 Å². The molecule has 2 amide bonds. The number of halogens is 2. The van der Waals surface area contributed by atoms with Crippen LogP contribution in [0.3, 0.4) is 0 Å². The van der Waals surface area contributed by atoms with E-state index in [2.05, 4.69) is 15.5 Å². The van der Waals surface area contributed by atoms with Crippen molar-refractivity contribution in [3.63, 3.8) is 0 Å². The smallest absolute Gasteiger partial charge is 0.319 e. The molecule has 2 aromatic rings. The number of alkyl halides is 1. The lowest BCUT2D eigenvalue weighted by atomic mass is 9.89. The van der Waals surface area contributed by atoms with E-state index in [0.29, 0.717) is 30.5 Å². The third-order valence-electron chi connectivity index (χ3n) is 6.74. The first-order chi connectivity index (χ1) is 16.5. The Morgan fingerprint density at radius 2 is 1.79 bits per heavy atom. The molecular formula is C26H33F2N3O3. The van der Waals surface area contributed by atoms with Crippen LogP contribution in [0, 0.1) is 11.7 Å². The van der Waals surface area contributed by atoms with Crippen molar-refractivity contribution in [2.75, 3.05) is 38.7 Å². The molecule has 2 heterocycles. The summed E-state index contributed by atoms with van der Waals surface area (Å²) in [5, 5.41) is 5.55. The molecule has 2 aliphatic heterocycles. The molecule has 0 bridgehead atoms. The highest BCUT2D eigenvalue weighted by molar-refractivity contribution is 5.89. The number of urea groups is 1. The van der Waals surface area contributed by atoms with Crippen molar-refractivity contribution in [3.05, 3.63) is 59.9 Å². The molecule has 0 saturated carbocycles. The van der Waals surface area contributed by atoms with Gasteiger partial charge < -0.3 is 25.0 Å². The van der Waals surface area contributed by atoms with Crippen molar-refractivity contribution in [1.29, 1.82) is 0 Å². The maximum absolute atomic E-state index is 14.8. The first-order valence-corrected chi connectivity index (χ1v) is 11.9. The first-order valence-electron chi connectivity index (χ1n) is 11.9. The zero-order valence-electron chi connectivity index (χ0n) is 19.5. The number of hydrogen-bond donors (Lipinski definition) is 2. The molecule has 34 heavy (non-hydrogen) atoms. The molecule has 2 aromatic carbocycles. The van der Waals surface area contributed by atoms with Crippen molar-refractivity contribution >= 4 is 11.7 Å². The number of piperidine rings is 1. The van der Waals surface area contributed by atoms with Crippen molar-refractivity contribution in [1.82, 2.24) is 10.2 Å². The minimum Gasteiger partial charge on any atom is -0.497 e. The van der Waals surface area contributed by atoms with Gasteiger partial charge in [-0.1, -0.05) is 12.1 Å². The minimum absolute atomic E-state index is 0.210. The zero-order chi connectivity index (χ0) is 23.9. The van der Waals surface area contributed by atoms with Crippen LogP contribution in [0.5, 0.6) is 5.75 Å². The molecule has 2 N–H and O–H groups in total. The number of methoxy groups -OCH3 is 1. The second kappa shape index (κ2) is 11.6. The van der Waals surface area contributed by atoms with E-state index in [1.165, 1.54) is 12.1 Å². The number of ether oxygens (including phenoxy) is 2. The van der Waals surface area contributed by atoms with Gasteiger partial charge in [-0.15, -0.1) is 0 Å². The van der Waals surface area contributed by atoms with Crippen molar-refractivity contribution in [3.8, 4) is 5.75 Å². The number of amides is 2. The Bertz CT molecular complexity index is 918. The van der Waals surface area contributed by atoms with Crippen LogP contribution < -0.4 is 15.4 Å². The molecule has 0 radical (unpaired) electrons. The Kier molecular flexibility index (Phi) is 8.34. The number of hydrogen-bond acceptors (Lipinski definition) is 4. The van der Waals surface area contributed by atoms with Crippen LogP contribution in [0.1, 0.15) is 24.8 Å². The van der Waals surface area contributed by atoms with E-state index in [1.54, 1.807) is 31.4 Å². The SMILES string of the molecule is COc1ccc(NC(=O)NC2C(F)CCOC2CN2CCC(Cc3ccc(F)cc3)CC2)cc1. The largest absolute Gasteiger partial charge is 0.497 e. The molecule has 0 aliphatic carbocycles. The molecule has 8 heteroatoms. The summed E-state index contributed by atoms with van der Waals surface area (Å²) in [5.41, 5.74) is 1.76. The summed E-state index contributed by atoms with van der Waals surface area (Å²) < 4.78 is 39.0. The summed E-state index contributed by atoms with van der Waals surface area (Å²) in [6, 6.07) is 12.5. The average molecular weight is 474 g/mol. The molecule has 3 atom stereocenters. The number of nitrogens with zero attached hydrogens (tertiary/aromatic N) is 1. The van der Waals surface area contributed by atoms with Crippen LogP contribution >= 0.6 is 0 Å². The van der Waals surface area contributed by atoms with Crippen molar-refractivity contribution in [2.45, 2.75) is 44.0 Å². The standard InChI is InChI=1S/C26H33F2N3O3/c1-33-22-8-6-21(7-9-22)29-26(32)30-25-23(28)12-15-34-24(25)17-31-13-10-19(11-14-31)16-18-2-4-20(27)5-3-18/h2-9,19,23-25H,10-17H2,1H3,(H2,29,30,32). The molecule has 2 saturated heterocycles. The van der Waals surface area contributed by atoms with E-state index in [1.807, 2.05) is 12.1 Å². The highest BCUT2D eigenvalue weighted by atomic mass is 19.1. The normalized spacial score (nSPS) is 23.9. The van der Waals surface area contributed by atoms with Gasteiger partial charge in [0.2, 0.25) is 0 Å². The van der Waals surface area contributed by atoms with Gasteiger partial charge in [-0.25, -0.2) is 13.6 Å². The number of nitrogens with one attached hydrogen (secondary N) is 2. The van der Waals surface area contributed by atoms with E-state index < -0.39 is 24.3 Å². The number of rotatable bonds is 7. The van der Waals surface area contributed by atoms with Gasteiger partial charge in [0.15, 0.2) is 0 Å². The van der Waals surface area contributed by atoms with Crippen molar-refractivity contribution in [2.24, 2.45) is 5.92 Å². The molecule has 2 fully saturated rings. The topological polar surface area (TPSA) is 62.8 Å². The third kappa shape index (κ3) is 6.67. The quantitative estimate of drug-likeness (QED) is 0.626. The highest BCUT2D eigenvalue weighted by Gasteiger charge is 2.37. The predicted molar refractivity (Wildman–Crippen MR) is 127 cm³/mol. The van der Waals surface area contributed by atoms with Gasteiger partial charge in [0.05, 0.1) is 19.3 Å². The fourth-order valence-corrected chi connectivity index (χ4v) is 4.77. The molecule has 6 nitrogen and oxygen atoms in total. The van der Waals surface area contributed by atoms with Crippen LogP contribution in [0.2, 0.25) is 0 Å². The number of benzene rings is 2. The van der Waals surface area contributed by atoms with Crippen LogP contribution in [-0.4, -0.2) is 62.6 Å².